The van der Waals surface area contributed by atoms with Crippen molar-refractivity contribution < 1.29 is 4.79 Å². The molecule has 6 nitrogen and oxygen atoms in total. The van der Waals surface area contributed by atoms with E-state index < -0.39 is 0 Å². The van der Waals surface area contributed by atoms with E-state index in [-0.39, 0.29) is 18.0 Å². The van der Waals surface area contributed by atoms with Gasteiger partial charge in [-0.2, -0.15) is 0 Å². The fourth-order valence-electron chi connectivity index (χ4n) is 3.98. The van der Waals surface area contributed by atoms with E-state index in [0.717, 1.165) is 59.3 Å². The molecule has 1 aromatic carbocycles. The molecule has 1 aromatic heterocycles. The number of carbonyl (C=O) groups is 1. The number of aryl methyl sites for hydroxylation is 2. The number of allylic oxidation sites excluding steroid dienone is 1. The van der Waals surface area contributed by atoms with Crippen LogP contribution in [0.2, 0.25) is 0 Å². The molecule has 172 valence electrons. The molecule has 1 aliphatic rings. The highest BCUT2D eigenvalue weighted by molar-refractivity contribution is 9.10. The van der Waals surface area contributed by atoms with E-state index in [0.29, 0.717) is 17.2 Å². The van der Waals surface area contributed by atoms with Gasteiger partial charge in [0, 0.05) is 45.1 Å². The summed E-state index contributed by atoms with van der Waals surface area (Å²) in [6, 6.07) is 6.18. The number of pyridine rings is 1. The van der Waals surface area contributed by atoms with Crippen LogP contribution < -0.4 is 21.5 Å². The largest absolute Gasteiger partial charge is 0.382 e. The maximum atomic E-state index is 13.3. The van der Waals surface area contributed by atoms with Crippen LogP contribution in [0.1, 0.15) is 65.9 Å². The second kappa shape index (κ2) is 11.0. The monoisotopic (exact) mass is 500 g/mol. The molecule has 0 atom stereocenters. The van der Waals surface area contributed by atoms with E-state index in [1.54, 1.807) is 0 Å². The molecule has 0 aliphatic carbocycles. The maximum Gasteiger partial charge on any atom is 0.253 e. The predicted octanol–water partition coefficient (Wildman–Crippen LogP) is 4.66. The molecule has 2 heterocycles. The Balaban J connectivity index is 1.93. The van der Waals surface area contributed by atoms with Gasteiger partial charge in [0.2, 0.25) is 0 Å². The van der Waals surface area contributed by atoms with E-state index in [9.17, 15) is 9.59 Å². The highest BCUT2D eigenvalue weighted by Crippen LogP contribution is 2.30. The van der Waals surface area contributed by atoms with Crippen LogP contribution in [0.3, 0.4) is 0 Å². The first-order chi connectivity index (χ1) is 15.3. The minimum absolute atomic E-state index is 0.160. The standard InChI is InChI=1S/C25H33BrN4O2/c1-5-15(2)10-20-21(12-18(26)13-23(20)30-19-6-8-27-9-7-19)24(31)28-14-22-16(3)11-17(4)29-25(22)32/h10-13,19,27,30H,5-9,14H2,1-4H3,(H,28,31)(H,29,32)/b15-10+. The third-order valence-corrected chi connectivity index (χ3v) is 6.41. The van der Waals surface area contributed by atoms with E-state index in [1.807, 2.05) is 32.0 Å². The number of aromatic amines is 1. The van der Waals surface area contributed by atoms with Gasteiger partial charge in [-0.05, 0) is 76.9 Å². The molecule has 1 saturated heterocycles. The highest BCUT2D eigenvalue weighted by atomic mass is 79.9. The normalized spacial score (nSPS) is 15.0. The number of nitrogens with one attached hydrogen (secondary N) is 4. The van der Waals surface area contributed by atoms with E-state index >= 15 is 0 Å². The third kappa shape index (κ3) is 6.11. The number of anilines is 1. The zero-order valence-corrected chi connectivity index (χ0v) is 20.9. The quantitative estimate of drug-likeness (QED) is 0.445. The van der Waals surface area contributed by atoms with Crippen molar-refractivity contribution in [3.8, 4) is 0 Å². The molecule has 0 radical (unpaired) electrons. The second-order valence-electron chi connectivity index (χ2n) is 8.55. The van der Waals surface area contributed by atoms with Crippen LogP contribution in [0.5, 0.6) is 0 Å². The fourth-order valence-corrected chi connectivity index (χ4v) is 4.44. The number of H-pyrrole nitrogens is 1. The van der Waals surface area contributed by atoms with E-state index in [4.69, 9.17) is 0 Å². The Morgan fingerprint density at radius 1 is 1.22 bits per heavy atom. The van der Waals surface area contributed by atoms with Gasteiger partial charge in [0.1, 0.15) is 0 Å². The summed E-state index contributed by atoms with van der Waals surface area (Å²) in [6.45, 7) is 10.1. The first kappa shape index (κ1) is 24.3. The number of hydrogen-bond acceptors (Lipinski definition) is 4. The van der Waals surface area contributed by atoms with Gasteiger partial charge in [-0.1, -0.05) is 34.5 Å². The Labute approximate surface area is 198 Å². The van der Waals surface area contributed by atoms with Crippen molar-refractivity contribution in [3.05, 3.63) is 66.5 Å². The van der Waals surface area contributed by atoms with Gasteiger partial charge in [-0.3, -0.25) is 9.59 Å². The lowest BCUT2D eigenvalue weighted by atomic mass is 9.99. The van der Waals surface area contributed by atoms with Crippen LogP contribution in [0.15, 0.2) is 33.0 Å². The minimum atomic E-state index is -0.200. The smallest absolute Gasteiger partial charge is 0.253 e. The fraction of sp³-hybridized carbons (Fsp3) is 0.440. The Morgan fingerprint density at radius 2 is 1.94 bits per heavy atom. The molecule has 0 unspecified atom stereocenters. The minimum Gasteiger partial charge on any atom is -0.382 e. The van der Waals surface area contributed by atoms with Crippen molar-refractivity contribution in [1.29, 1.82) is 0 Å². The summed E-state index contributed by atoms with van der Waals surface area (Å²) in [7, 11) is 0. The number of halogens is 1. The summed E-state index contributed by atoms with van der Waals surface area (Å²) in [5.74, 6) is -0.200. The van der Waals surface area contributed by atoms with Crippen LogP contribution in [0, 0.1) is 13.8 Å². The number of piperidine rings is 1. The Bertz CT molecular complexity index is 1070. The van der Waals surface area contributed by atoms with Gasteiger partial charge >= 0.3 is 0 Å². The highest BCUT2D eigenvalue weighted by Gasteiger charge is 2.19. The lowest BCUT2D eigenvalue weighted by Gasteiger charge is -2.26. The molecule has 0 spiro atoms. The van der Waals surface area contributed by atoms with Crippen molar-refractivity contribution in [2.45, 2.75) is 59.5 Å². The Morgan fingerprint density at radius 3 is 2.59 bits per heavy atom. The first-order valence-corrected chi connectivity index (χ1v) is 12.0. The maximum absolute atomic E-state index is 13.3. The number of amides is 1. The molecule has 32 heavy (non-hydrogen) atoms. The van der Waals surface area contributed by atoms with Crippen molar-refractivity contribution in [3.63, 3.8) is 0 Å². The number of carbonyl (C=O) groups excluding carboxylic acids is 1. The molecular formula is C25H33BrN4O2. The average molecular weight is 501 g/mol. The number of aromatic nitrogens is 1. The molecular weight excluding hydrogens is 468 g/mol. The van der Waals surface area contributed by atoms with Crippen LogP contribution in [0.4, 0.5) is 5.69 Å². The van der Waals surface area contributed by atoms with Crippen LogP contribution in [-0.4, -0.2) is 30.0 Å². The van der Waals surface area contributed by atoms with Gasteiger partial charge in [0.25, 0.3) is 11.5 Å². The summed E-state index contributed by atoms with van der Waals surface area (Å²) in [5, 5.41) is 10.0. The molecule has 1 aliphatic heterocycles. The number of hydrogen-bond donors (Lipinski definition) is 4. The van der Waals surface area contributed by atoms with Gasteiger partial charge < -0.3 is 20.9 Å². The summed E-state index contributed by atoms with van der Waals surface area (Å²) in [5.41, 5.74) is 5.72. The zero-order chi connectivity index (χ0) is 23.3. The van der Waals surface area contributed by atoms with Gasteiger partial charge in [0.15, 0.2) is 0 Å². The Hall–Kier alpha value is -2.38. The average Bonchev–Trinajstić information content (AvgIpc) is 2.75. The molecule has 1 fully saturated rings. The van der Waals surface area contributed by atoms with Crippen molar-refractivity contribution >= 4 is 33.6 Å². The van der Waals surface area contributed by atoms with Gasteiger partial charge in [-0.15, -0.1) is 0 Å². The molecule has 3 rings (SSSR count). The topological polar surface area (TPSA) is 86.0 Å². The summed E-state index contributed by atoms with van der Waals surface area (Å²) in [4.78, 5) is 28.4. The second-order valence-corrected chi connectivity index (χ2v) is 9.47. The third-order valence-electron chi connectivity index (χ3n) is 5.96. The SMILES string of the molecule is CC/C(C)=C/c1c(NC2CCNCC2)cc(Br)cc1C(=O)NCc1c(C)cc(C)[nH]c1=O. The van der Waals surface area contributed by atoms with Crippen molar-refractivity contribution in [1.82, 2.24) is 15.6 Å². The van der Waals surface area contributed by atoms with Crippen molar-refractivity contribution in [2.24, 2.45) is 0 Å². The molecule has 1 amide bonds. The predicted molar refractivity (Wildman–Crippen MR) is 135 cm³/mol. The first-order valence-electron chi connectivity index (χ1n) is 11.2. The zero-order valence-electron chi connectivity index (χ0n) is 19.3. The number of benzene rings is 1. The van der Waals surface area contributed by atoms with E-state index in [2.05, 4.69) is 56.8 Å². The molecule has 0 saturated carbocycles. The summed E-state index contributed by atoms with van der Waals surface area (Å²) >= 11 is 3.58. The molecule has 0 bridgehead atoms. The summed E-state index contributed by atoms with van der Waals surface area (Å²) in [6.07, 6.45) is 5.08. The van der Waals surface area contributed by atoms with Crippen LogP contribution in [-0.2, 0) is 6.54 Å². The molecule has 2 aromatic rings. The van der Waals surface area contributed by atoms with Gasteiger partial charge in [0.05, 0.1) is 0 Å². The number of rotatable bonds is 7. The lowest BCUT2D eigenvalue weighted by molar-refractivity contribution is 0.0950. The van der Waals surface area contributed by atoms with Crippen LogP contribution >= 0.6 is 15.9 Å². The van der Waals surface area contributed by atoms with Crippen LogP contribution in [0.25, 0.3) is 6.08 Å². The Kier molecular flexibility index (Phi) is 8.32. The molecule has 4 N–H and O–H groups in total. The van der Waals surface area contributed by atoms with Crippen molar-refractivity contribution in [2.75, 3.05) is 18.4 Å². The summed E-state index contributed by atoms with van der Waals surface area (Å²) < 4.78 is 0.842. The van der Waals surface area contributed by atoms with E-state index in [1.165, 1.54) is 5.57 Å². The van der Waals surface area contributed by atoms with Gasteiger partial charge in [-0.25, -0.2) is 0 Å². The molecule has 7 heteroatoms. The lowest BCUT2D eigenvalue weighted by Crippen LogP contribution is -2.35.